The normalized spacial score (nSPS) is 12.6. The maximum atomic E-state index is 13.4. The van der Waals surface area contributed by atoms with Crippen molar-refractivity contribution in [2.45, 2.75) is 25.8 Å². The number of hydrogen-bond acceptors (Lipinski definition) is 2. The zero-order valence-electron chi connectivity index (χ0n) is 12.0. The first-order chi connectivity index (χ1) is 10.0. The number of nitrogens with one attached hydrogen (secondary N) is 1. The molecular weight excluding hydrogens is 279 g/mol. The summed E-state index contributed by atoms with van der Waals surface area (Å²) in [6, 6.07) is 1.84. The van der Waals surface area contributed by atoms with Gasteiger partial charge in [-0.3, -0.25) is 0 Å². The summed E-state index contributed by atoms with van der Waals surface area (Å²) < 4.78 is 41.7. The Morgan fingerprint density at radius 2 is 1.90 bits per heavy atom. The molecule has 0 aliphatic rings. The average Bonchev–Trinajstić information content (AvgIpc) is 2.85. The molecule has 2 aromatic rings. The van der Waals surface area contributed by atoms with Crippen molar-refractivity contribution in [2.75, 3.05) is 6.54 Å². The van der Waals surface area contributed by atoms with Gasteiger partial charge in [0.25, 0.3) is 0 Å². The lowest BCUT2D eigenvalue weighted by molar-refractivity contribution is 0.436. The summed E-state index contributed by atoms with van der Waals surface area (Å²) in [6.45, 7) is 2.55. The summed E-state index contributed by atoms with van der Waals surface area (Å²) in [4.78, 5) is 4.22. The van der Waals surface area contributed by atoms with Crippen molar-refractivity contribution < 1.29 is 13.2 Å². The highest BCUT2D eigenvalue weighted by atomic mass is 19.2. The van der Waals surface area contributed by atoms with Crippen LogP contribution >= 0.6 is 0 Å². The predicted octanol–water partition coefficient (Wildman–Crippen LogP) is 3.12. The summed E-state index contributed by atoms with van der Waals surface area (Å²) in [5.41, 5.74) is 0.405. The molecule has 1 unspecified atom stereocenters. The van der Waals surface area contributed by atoms with E-state index in [9.17, 15) is 13.2 Å². The molecule has 1 aromatic heterocycles. The van der Waals surface area contributed by atoms with Crippen molar-refractivity contribution in [2.24, 2.45) is 7.05 Å². The summed E-state index contributed by atoms with van der Waals surface area (Å²) >= 11 is 0. The van der Waals surface area contributed by atoms with E-state index < -0.39 is 17.5 Å². The topological polar surface area (TPSA) is 29.9 Å². The Bertz CT molecular complexity index is 587. The molecule has 3 nitrogen and oxygen atoms in total. The van der Waals surface area contributed by atoms with E-state index in [1.165, 1.54) is 0 Å². The molecule has 0 aliphatic carbocycles. The van der Waals surface area contributed by atoms with Gasteiger partial charge in [0, 0.05) is 31.9 Å². The zero-order chi connectivity index (χ0) is 15.4. The van der Waals surface area contributed by atoms with Crippen molar-refractivity contribution in [3.8, 4) is 0 Å². The number of hydrogen-bond donors (Lipinski definition) is 1. The van der Waals surface area contributed by atoms with Crippen molar-refractivity contribution in [3.05, 3.63) is 53.4 Å². The number of imidazole rings is 1. The molecule has 1 N–H and O–H groups in total. The van der Waals surface area contributed by atoms with Crippen molar-refractivity contribution in [1.29, 1.82) is 0 Å². The van der Waals surface area contributed by atoms with Gasteiger partial charge in [-0.2, -0.15) is 0 Å². The van der Waals surface area contributed by atoms with Crippen molar-refractivity contribution in [3.63, 3.8) is 0 Å². The van der Waals surface area contributed by atoms with E-state index in [4.69, 9.17) is 0 Å². The van der Waals surface area contributed by atoms with Crippen molar-refractivity contribution in [1.82, 2.24) is 14.9 Å². The van der Waals surface area contributed by atoms with Gasteiger partial charge in [-0.15, -0.1) is 0 Å². The SMILES string of the molecule is CCNC(CCc1nccn1C)c1cc(F)c(F)c(F)c1. The number of benzene rings is 1. The smallest absolute Gasteiger partial charge is 0.194 e. The van der Waals surface area contributed by atoms with Gasteiger partial charge in [-0.1, -0.05) is 6.92 Å². The van der Waals surface area contributed by atoms with Gasteiger partial charge in [-0.05, 0) is 30.7 Å². The first kappa shape index (κ1) is 15.6. The molecule has 0 aliphatic heterocycles. The second-order valence-corrected chi connectivity index (χ2v) is 4.90. The quantitative estimate of drug-likeness (QED) is 0.830. The highest BCUT2D eigenvalue weighted by Gasteiger charge is 2.17. The molecule has 21 heavy (non-hydrogen) atoms. The molecule has 2 rings (SSSR count). The Hall–Kier alpha value is -1.82. The van der Waals surface area contributed by atoms with Crippen LogP contribution in [0.5, 0.6) is 0 Å². The minimum Gasteiger partial charge on any atom is -0.338 e. The van der Waals surface area contributed by atoms with Crippen LogP contribution in [0.25, 0.3) is 0 Å². The van der Waals surface area contributed by atoms with E-state index in [-0.39, 0.29) is 6.04 Å². The molecule has 0 amide bonds. The van der Waals surface area contributed by atoms with Crippen LogP contribution in [-0.2, 0) is 13.5 Å². The zero-order valence-corrected chi connectivity index (χ0v) is 12.0. The Labute approximate surface area is 121 Å². The van der Waals surface area contributed by atoms with Gasteiger partial charge in [-0.25, -0.2) is 18.2 Å². The largest absolute Gasteiger partial charge is 0.338 e. The second-order valence-electron chi connectivity index (χ2n) is 4.90. The number of nitrogens with zero attached hydrogens (tertiary/aromatic N) is 2. The number of aryl methyl sites for hydroxylation is 2. The van der Waals surface area contributed by atoms with Crippen LogP contribution in [0.4, 0.5) is 13.2 Å². The van der Waals surface area contributed by atoms with Gasteiger partial charge in [0.2, 0.25) is 0 Å². The maximum Gasteiger partial charge on any atom is 0.194 e. The van der Waals surface area contributed by atoms with Crippen LogP contribution in [0.3, 0.4) is 0 Å². The fourth-order valence-corrected chi connectivity index (χ4v) is 2.32. The molecule has 6 heteroatoms. The van der Waals surface area contributed by atoms with E-state index in [0.717, 1.165) is 18.0 Å². The summed E-state index contributed by atoms with van der Waals surface area (Å²) in [6.07, 6.45) is 4.81. The number of aromatic nitrogens is 2. The standard InChI is InChI=1S/C15H18F3N3/c1-3-19-13(4-5-14-20-6-7-21(14)2)10-8-11(16)15(18)12(17)9-10/h6-9,13,19H,3-5H2,1-2H3. The molecule has 114 valence electrons. The summed E-state index contributed by atoms with van der Waals surface area (Å²) in [7, 11) is 1.89. The molecule has 0 bridgehead atoms. The van der Waals surface area contributed by atoms with E-state index >= 15 is 0 Å². The van der Waals surface area contributed by atoms with Crippen LogP contribution in [0.15, 0.2) is 24.5 Å². The van der Waals surface area contributed by atoms with Gasteiger partial charge in [0.1, 0.15) is 5.82 Å². The fraction of sp³-hybridized carbons (Fsp3) is 0.400. The molecule has 1 heterocycles. The Morgan fingerprint density at radius 1 is 1.24 bits per heavy atom. The van der Waals surface area contributed by atoms with Crippen molar-refractivity contribution >= 4 is 0 Å². The van der Waals surface area contributed by atoms with Crippen LogP contribution in [0.1, 0.15) is 30.8 Å². The van der Waals surface area contributed by atoms with Gasteiger partial charge in [0.05, 0.1) is 0 Å². The lowest BCUT2D eigenvalue weighted by Gasteiger charge is -2.18. The number of rotatable bonds is 6. The summed E-state index contributed by atoms with van der Waals surface area (Å²) in [5.74, 6) is -2.87. The van der Waals surface area contributed by atoms with Crippen LogP contribution < -0.4 is 5.32 Å². The molecule has 0 radical (unpaired) electrons. The highest BCUT2D eigenvalue weighted by Crippen LogP contribution is 2.23. The van der Waals surface area contributed by atoms with Crippen LogP contribution in [0, 0.1) is 17.5 Å². The molecule has 1 atom stereocenters. The maximum absolute atomic E-state index is 13.4. The highest BCUT2D eigenvalue weighted by molar-refractivity contribution is 5.23. The average molecular weight is 297 g/mol. The van der Waals surface area contributed by atoms with E-state index in [1.54, 1.807) is 6.20 Å². The lowest BCUT2D eigenvalue weighted by Crippen LogP contribution is -2.22. The molecule has 0 saturated heterocycles. The molecule has 0 fully saturated rings. The fourth-order valence-electron chi connectivity index (χ4n) is 2.32. The first-order valence-electron chi connectivity index (χ1n) is 6.87. The van der Waals surface area contributed by atoms with E-state index in [2.05, 4.69) is 10.3 Å². The summed E-state index contributed by atoms with van der Waals surface area (Å²) in [5, 5.41) is 3.16. The monoisotopic (exact) mass is 297 g/mol. The second kappa shape index (κ2) is 6.76. The van der Waals surface area contributed by atoms with Gasteiger partial charge in [0.15, 0.2) is 17.5 Å². The third-order valence-corrected chi connectivity index (χ3v) is 3.44. The van der Waals surface area contributed by atoms with E-state index in [0.29, 0.717) is 24.9 Å². The van der Waals surface area contributed by atoms with Gasteiger partial charge >= 0.3 is 0 Å². The Morgan fingerprint density at radius 3 is 2.43 bits per heavy atom. The number of halogens is 3. The molecule has 1 aromatic carbocycles. The molecular formula is C15H18F3N3. The Kier molecular flexibility index (Phi) is 5.01. The predicted molar refractivity (Wildman–Crippen MR) is 74.3 cm³/mol. The minimum atomic E-state index is -1.43. The van der Waals surface area contributed by atoms with Gasteiger partial charge < -0.3 is 9.88 Å². The Balaban J connectivity index is 2.17. The molecule has 0 spiro atoms. The molecule has 0 saturated carbocycles. The van der Waals surface area contributed by atoms with E-state index in [1.807, 2.05) is 24.7 Å². The lowest BCUT2D eigenvalue weighted by atomic mass is 10.0. The third-order valence-electron chi connectivity index (χ3n) is 3.44. The third kappa shape index (κ3) is 3.64. The first-order valence-corrected chi connectivity index (χ1v) is 6.87. The van der Waals surface area contributed by atoms with Crippen LogP contribution in [0.2, 0.25) is 0 Å². The minimum absolute atomic E-state index is 0.253. The van der Waals surface area contributed by atoms with Crippen LogP contribution in [-0.4, -0.2) is 16.1 Å².